The van der Waals surface area contributed by atoms with Gasteiger partial charge in [0.2, 0.25) is 0 Å². The molecule has 0 amide bonds. The molecule has 84 valence electrons. The lowest BCUT2D eigenvalue weighted by Crippen LogP contribution is -2.03. The van der Waals surface area contributed by atoms with Gasteiger partial charge in [0.1, 0.15) is 12.8 Å². The van der Waals surface area contributed by atoms with E-state index in [1.54, 1.807) is 10.9 Å². The van der Waals surface area contributed by atoms with E-state index in [9.17, 15) is 0 Å². The first-order valence-electron chi connectivity index (χ1n) is 5.29. The number of aryl methyl sites for hydroxylation is 1. The van der Waals surface area contributed by atoms with Crippen molar-refractivity contribution in [3.63, 3.8) is 0 Å². The van der Waals surface area contributed by atoms with Gasteiger partial charge in [-0.1, -0.05) is 20.8 Å². The van der Waals surface area contributed by atoms with Gasteiger partial charge in [0.25, 0.3) is 0 Å². The Bertz CT molecular complexity index is 312. The lowest BCUT2D eigenvalue weighted by Gasteiger charge is -2.00. The maximum atomic E-state index is 8.66. The molecule has 1 heterocycles. The molecular weight excluding hydrogens is 190 g/mol. The van der Waals surface area contributed by atoms with Gasteiger partial charge in [-0.3, -0.25) is 0 Å². The molecule has 4 nitrogen and oxygen atoms in total. The summed E-state index contributed by atoms with van der Waals surface area (Å²) in [4.78, 5) is 0. The smallest absolute Gasteiger partial charge is 0.139 e. The number of nitriles is 1. The van der Waals surface area contributed by atoms with Crippen LogP contribution in [0.4, 0.5) is 0 Å². The zero-order chi connectivity index (χ0) is 11.7. The quantitative estimate of drug-likeness (QED) is 0.716. The maximum Gasteiger partial charge on any atom is 0.139 e. The lowest BCUT2D eigenvalue weighted by atomic mass is 10.3. The van der Waals surface area contributed by atoms with Crippen LogP contribution in [0.15, 0.2) is 6.20 Å². The monoisotopic (exact) mass is 209 g/mol. The fraction of sp³-hybridized carbons (Fsp3) is 0.636. The molecule has 0 aliphatic heterocycles. The highest BCUT2D eigenvalue weighted by Gasteiger charge is 2.02. The second kappa shape index (κ2) is 8.01. The third-order valence-corrected chi connectivity index (χ3v) is 1.64. The van der Waals surface area contributed by atoms with E-state index in [1.807, 2.05) is 20.8 Å². The molecule has 0 saturated heterocycles. The van der Waals surface area contributed by atoms with Crippen molar-refractivity contribution in [3.8, 4) is 6.07 Å². The van der Waals surface area contributed by atoms with Crippen LogP contribution in [0.5, 0.6) is 0 Å². The number of hydrogen-bond acceptors (Lipinski definition) is 3. The Morgan fingerprint density at radius 3 is 2.67 bits per heavy atom. The topological polar surface area (TPSA) is 50.8 Å². The van der Waals surface area contributed by atoms with Gasteiger partial charge in [0.15, 0.2) is 0 Å². The Morgan fingerprint density at radius 1 is 1.53 bits per heavy atom. The standard InChI is InChI=1S/C9H13N3O.C2H6/c1-3-4-13-7-12-6-9(5-10)8(2)11-12;1-2/h6H,3-4,7H2,1-2H3;1-2H3. The van der Waals surface area contributed by atoms with Crippen molar-refractivity contribution >= 4 is 0 Å². The first-order valence-corrected chi connectivity index (χ1v) is 5.29. The summed E-state index contributed by atoms with van der Waals surface area (Å²) in [5.74, 6) is 0. The van der Waals surface area contributed by atoms with Crippen LogP contribution in [-0.4, -0.2) is 16.4 Å². The average molecular weight is 209 g/mol. The molecule has 4 heteroatoms. The summed E-state index contributed by atoms with van der Waals surface area (Å²) >= 11 is 0. The summed E-state index contributed by atoms with van der Waals surface area (Å²) in [7, 11) is 0. The van der Waals surface area contributed by atoms with Gasteiger partial charge in [0, 0.05) is 12.8 Å². The number of rotatable bonds is 4. The summed E-state index contributed by atoms with van der Waals surface area (Å²) < 4.78 is 6.92. The van der Waals surface area contributed by atoms with Crippen molar-refractivity contribution in [2.24, 2.45) is 0 Å². The SMILES string of the molecule is CC.CCCOCn1cc(C#N)c(C)n1. The van der Waals surface area contributed by atoms with Crippen molar-refractivity contribution in [2.45, 2.75) is 40.8 Å². The second-order valence-electron chi connectivity index (χ2n) is 2.82. The van der Waals surface area contributed by atoms with Gasteiger partial charge in [-0.05, 0) is 13.3 Å². The molecule has 15 heavy (non-hydrogen) atoms. The van der Waals surface area contributed by atoms with Gasteiger partial charge in [-0.15, -0.1) is 0 Å². The first-order chi connectivity index (χ1) is 7.27. The molecule has 0 spiro atoms. The van der Waals surface area contributed by atoms with Crippen LogP contribution >= 0.6 is 0 Å². The summed E-state index contributed by atoms with van der Waals surface area (Å²) in [6.45, 7) is 9.01. The highest BCUT2D eigenvalue weighted by molar-refractivity contribution is 5.29. The van der Waals surface area contributed by atoms with Crippen LogP contribution < -0.4 is 0 Å². The van der Waals surface area contributed by atoms with Gasteiger partial charge in [0.05, 0.1) is 11.3 Å². The van der Waals surface area contributed by atoms with Crippen molar-refractivity contribution in [2.75, 3.05) is 6.61 Å². The van der Waals surface area contributed by atoms with Crippen LogP contribution in [0.2, 0.25) is 0 Å². The van der Waals surface area contributed by atoms with Crippen molar-refractivity contribution in [3.05, 3.63) is 17.5 Å². The van der Waals surface area contributed by atoms with Gasteiger partial charge in [-0.2, -0.15) is 10.4 Å². The molecule has 1 aromatic heterocycles. The van der Waals surface area contributed by atoms with E-state index in [-0.39, 0.29) is 0 Å². The summed E-state index contributed by atoms with van der Waals surface area (Å²) in [5.41, 5.74) is 1.36. The van der Waals surface area contributed by atoms with Crippen molar-refractivity contribution < 1.29 is 4.74 Å². The highest BCUT2D eigenvalue weighted by atomic mass is 16.5. The molecule has 0 bridgehead atoms. The molecule has 0 aliphatic carbocycles. The maximum absolute atomic E-state index is 8.66. The van der Waals surface area contributed by atoms with Gasteiger partial charge >= 0.3 is 0 Å². The fourth-order valence-corrected chi connectivity index (χ4v) is 0.996. The van der Waals surface area contributed by atoms with Crippen LogP contribution in [-0.2, 0) is 11.5 Å². The normalized spacial score (nSPS) is 9.00. The van der Waals surface area contributed by atoms with E-state index in [1.165, 1.54) is 0 Å². The molecule has 0 N–H and O–H groups in total. The zero-order valence-electron chi connectivity index (χ0n) is 9.95. The molecule has 0 atom stereocenters. The molecule has 1 rings (SSSR count). The third kappa shape index (κ3) is 4.61. The molecular formula is C11H19N3O. The molecule has 0 radical (unpaired) electrons. The van der Waals surface area contributed by atoms with Crippen LogP contribution in [0.25, 0.3) is 0 Å². The van der Waals surface area contributed by atoms with Crippen molar-refractivity contribution in [1.82, 2.24) is 9.78 Å². The molecule has 0 aromatic carbocycles. The third-order valence-electron chi connectivity index (χ3n) is 1.64. The Morgan fingerprint density at radius 2 is 2.20 bits per heavy atom. The first kappa shape index (κ1) is 13.7. The van der Waals surface area contributed by atoms with E-state index < -0.39 is 0 Å². The Balaban J connectivity index is 0.000000921. The van der Waals surface area contributed by atoms with E-state index in [0.717, 1.165) is 18.7 Å². The summed E-state index contributed by atoms with van der Waals surface area (Å²) in [5, 5.41) is 12.8. The number of nitrogens with zero attached hydrogens (tertiary/aromatic N) is 3. The summed E-state index contributed by atoms with van der Waals surface area (Å²) in [6.07, 6.45) is 2.69. The second-order valence-corrected chi connectivity index (χ2v) is 2.82. The van der Waals surface area contributed by atoms with E-state index in [4.69, 9.17) is 10.00 Å². The highest BCUT2D eigenvalue weighted by Crippen LogP contribution is 2.03. The largest absolute Gasteiger partial charge is 0.359 e. The van der Waals surface area contributed by atoms with Crippen LogP contribution in [0.1, 0.15) is 38.4 Å². The van der Waals surface area contributed by atoms with E-state index >= 15 is 0 Å². The van der Waals surface area contributed by atoms with Crippen LogP contribution in [0, 0.1) is 18.3 Å². The van der Waals surface area contributed by atoms with Crippen LogP contribution in [0.3, 0.4) is 0 Å². The molecule has 0 unspecified atom stereocenters. The molecule has 0 fully saturated rings. The lowest BCUT2D eigenvalue weighted by molar-refractivity contribution is 0.0691. The minimum absolute atomic E-state index is 0.427. The van der Waals surface area contributed by atoms with Crippen molar-refractivity contribution in [1.29, 1.82) is 5.26 Å². The molecule has 1 aromatic rings. The molecule has 0 saturated carbocycles. The van der Waals surface area contributed by atoms with Gasteiger partial charge < -0.3 is 4.74 Å². The predicted octanol–water partition coefficient (Wildman–Crippen LogP) is 2.47. The minimum Gasteiger partial charge on any atom is -0.359 e. The Hall–Kier alpha value is -1.34. The molecule has 0 aliphatic rings. The summed E-state index contributed by atoms with van der Waals surface area (Å²) in [6, 6.07) is 2.07. The van der Waals surface area contributed by atoms with E-state index in [0.29, 0.717) is 12.3 Å². The fourth-order valence-electron chi connectivity index (χ4n) is 0.996. The number of aromatic nitrogens is 2. The minimum atomic E-state index is 0.427. The zero-order valence-corrected chi connectivity index (χ0v) is 9.95. The predicted molar refractivity (Wildman–Crippen MR) is 59.3 cm³/mol. The Labute approximate surface area is 91.5 Å². The van der Waals surface area contributed by atoms with Gasteiger partial charge in [-0.25, -0.2) is 4.68 Å². The Kier molecular flexibility index (Phi) is 7.29. The average Bonchev–Trinajstić information content (AvgIpc) is 2.62. The number of ether oxygens (including phenoxy) is 1. The number of hydrogen-bond donors (Lipinski definition) is 0. The van der Waals surface area contributed by atoms with E-state index in [2.05, 4.69) is 18.1 Å².